The summed E-state index contributed by atoms with van der Waals surface area (Å²) < 4.78 is 0. The number of benzene rings is 2. The Morgan fingerprint density at radius 3 is 1.12 bits per heavy atom. The van der Waals surface area contributed by atoms with Gasteiger partial charge in [0.15, 0.2) is 0 Å². The molecule has 7 rings (SSSR count). The van der Waals surface area contributed by atoms with E-state index >= 15 is 9.59 Å². The summed E-state index contributed by atoms with van der Waals surface area (Å²) in [6.45, 7) is 14.1. The Labute approximate surface area is 523 Å². The SMILES string of the molecule is CC(C)C[C@@H]1NC(=O)[C@H](CCC(N)=O)NC(=O)[C@H](C(C)C)NC(=O)[C@@H]2CCCN2C(=O)[C@@H](Cc2c[nH]c3ccccc23)NC(=O)[C@H](CC(C)C)NC(=O)[C@H](CCC(N)=O)NC(=O)[C@H](C(C)C)NC(=O)[C@@H]2CCCN2C(=O)[C@@H](Cc2c[nH]c3ccccc23)NC1=O. The van der Waals surface area contributed by atoms with E-state index in [0.29, 0.717) is 24.0 Å². The Kier molecular flexibility index (Phi) is 23.7. The van der Waals surface area contributed by atoms with Gasteiger partial charge in [-0.2, -0.15) is 0 Å². The number of carbonyl (C=O) groups is 12. The number of para-hydroxylation sites is 2. The Bertz CT molecular complexity index is 3090. The molecule has 0 unspecified atom stereocenters. The maximum absolute atomic E-state index is 15.2. The minimum absolute atomic E-state index is 0.0344. The van der Waals surface area contributed by atoms with Crippen molar-refractivity contribution < 1.29 is 57.5 Å². The summed E-state index contributed by atoms with van der Waals surface area (Å²) in [5, 5.41) is 23.8. The van der Waals surface area contributed by atoms with Crippen molar-refractivity contribution in [3.63, 3.8) is 0 Å². The molecule has 0 radical (unpaired) electrons. The van der Waals surface area contributed by atoms with Crippen molar-refractivity contribution in [2.24, 2.45) is 35.1 Å². The second kappa shape index (κ2) is 31.1. The quantitative estimate of drug-likeness (QED) is 0.0754. The fourth-order valence-electron chi connectivity index (χ4n) is 12.1. The zero-order valence-corrected chi connectivity index (χ0v) is 52.7. The number of nitrogens with one attached hydrogen (secondary N) is 10. The van der Waals surface area contributed by atoms with Crippen LogP contribution in [0.1, 0.15) is 131 Å². The molecule has 0 saturated carbocycles. The van der Waals surface area contributed by atoms with E-state index in [1.54, 1.807) is 40.1 Å². The first kappa shape index (κ1) is 68.6. The molecule has 12 amide bonds. The molecule has 5 heterocycles. The van der Waals surface area contributed by atoms with Crippen LogP contribution in [0.4, 0.5) is 0 Å². The number of aromatic amines is 2. The standard InChI is InChI=1S/C64H90N14O12/c1-33(2)27-45-57(83)73-47(29-37-31-67-41-17-11-9-15-39(37)41)63(89)77-25-13-19-49(77)59(85)76-54(36(7)8)62(88)70-44(22-24-52(66)80)56(82)72-46(28-34(3)4)58(84)74-48(30-38-32-68-42-18-12-10-16-40(38)42)64(90)78-26-14-20-50(78)60(86)75-53(35(5)6)61(87)69-43(55(81)71-45)21-23-51(65)79/h9-12,15-18,31-36,43-50,53-54,67-68H,13-14,19-30H2,1-8H3,(H2,65,79)(H2,66,80)(H,69,87)(H,70,88)(H,71,81)(H,72,82)(H,73,83)(H,74,84)(H,75,86)(H,76,85)/t43-,44-,45-,46-,47+,48+,49-,50-,53-,54-/m0/s1. The number of hydrogen-bond donors (Lipinski definition) is 12. The molecule has 26 nitrogen and oxygen atoms in total. The average molecular weight is 1250 g/mol. The van der Waals surface area contributed by atoms with Crippen LogP contribution in [-0.2, 0) is 70.4 Å². The Hall–Kier alpha value is -8.84. The number of nitrogens with two attached hydrogens (primary N) is 2. The van der Waals surface area contributed by atoms with Crippen LogP contribution in [0, 0.1) is 23.7 Å². The summed E-state index contributed by atoms with van der Waals surface area (Å²) in [5.41, 5.74) is 14.0. The van der Waals surface area contributed by atoms with Gasteiger partial charge in [-0.1, -0.05) is 91.8 Å². The average Bonchev–Trinajstić information content (AvgIpc) is 1.89. The number of amides is 12. The normalized spacial score (nSPS) is 25.3. The topological polar surface area (TPSA) is 391 Å². The molecule has 2 aromatic heterocycles. The highest BCUT2D eigenvalue weighted by molar-refractivity contribution is 6.01. The number of nitrogens with zero attached hydrogens (tertiary/aromatic N) is 2. The number of carbonyl (C=O) groups excluding carboxylic acids is 12. The molecule has 0 bridgehead atoms. The van der Waals surface area contributed by atoms with E-state index in [4.69, 9.17) is 11.5 Å². The van der Waals surface area contributed by atoms with Crippen molar-refractivity contribution >= 4 is 92.7 Å². The van der Waals surface area contributed by atoms with E-state index in [2.05, 4.69) is 52.5 Å². The van der Waals surface area contributed by atoms with Crippen LogP contribution in [0.2, 0.25) is 0 Å². The lowest BCUT2D eigenvalue weighted by Crippen LogP contribution is -2.62. The molecule has 3 aliphatic rings. The summed E-state index contributed by atoms with van der Waals surface area (Å²) >= 11 is 0. The Balaban J connectivity index is 1.29. The van der Waals surface area contributed by atoms with Crippen LogP contribution >= 0.6 is 0 Å². The van der Waals surface area contributed by atoms with E-state index in [-0.39, 0.29) is 89.1 Å². The molecular formula is C64H90N14O12. The summed E-state index contributed by atoms with van der Waals surface area (Å²) in [5.74, 6) is -10.9. The number of fused-ring (bicyclic) bond motifs is 4. The third-order valence-electron chi connectivity index (χ3n) is 16.9. The number of hydrogen-bond acceptors (Lipinski definition) is 12. The molecule has 4 aromatic rings. The van der Waals surface area contributed by atoms with Crippen molar-refractivity contribution in [3.8, 4) is 0 Å². The zero-order chi connectivity index (χ0) is 65.7. The molecule has 488 valence electrons. The summed E-state index contributed by atoms with van der Waals surface area (Å²) in [7, 11) is 0. The van der Waals surface area contributed by atoms with Gasteiger partial charge in [0.25, 0.3) is 0 Å². The zero-order valence-electron chi connectivity index (χ0n) is 52.7. The first-order valence-corrected chi connectivity index (χ1v) is 31.4. The van der Waals surface area contributed by atoms with Crippen LogP contribution in [0.15, 0.2) is 60.9 Å². The molecule has 3 fully saturated rings. The summed E-state index contributed by atoms with van der Waals surface area (Å²) in [4.78, 5) is 181. The highest BCUT2D eigenvalue weighted by atomic mass is 16.2. The fourth-order valence-corrected chi connectivity index (χ4v) is 12.1. The van der Waals surface area contributed by atoms with E-state index in [1.165, 1.54) is 9.80 Å². The summed E-state index contributed by atoms with van der Waals surface area (Å²) in [6, 6.07) is 1.40. The van der Waals surface area contributed by atoms with Gasteiger partial charge in [-0.3, -0.25) is 57.5 Å². The van der Waals surface area contributed by atoms with Gasteiger partial charge >= 0.3 is 0 Å². The first-order valence-electron chi connectivity index (χ1n) is 31.4. The van der Waals surface area contributed by atoms with Crippen molar-refractivity contribution in [2.45, 2.75) is 193 Å². The molecule has 2 aromatic carbocycles. The lowest BCUT2D eigenvalue weighted by molar-refractivity contribution is -0.143. The number of H-pyrrole nitrogens is 2. The van der Waals surface area contributed by atoms with Crippen molar-refractivity contribution in [1.82, 2.24) is 62.3 Å². The Morgan fingerprint density at radius 2 is 0.778 bits per heavy atom. The Morgan fingerprint density at radius 1 is 0.444 bits per heavy atom. The second-order valence-corrected chi connectivity index (χ2v) is 25.6. The monoisotopic (exact) mass is 1250 g/mol. The van der Waals surface area contributed by atoms with E-state index in [1.807, 2.05) is 76.2 Å². The molecule has 3 aliphatic heterocycles. The minimum atomic E-state index is -1.49. The van der Waals surface area contributed by atoms with Gasteiger partial charge in [-0.25, -0.2) is 0 Å². The lowest BCUT2D eigenvalue weighted by atomic mass is 9.98. The van der Waals surface area contributed by atoms with E-state index in [9.17, 15) is 47.9 Å². The van der Waals surface area contributed by atoms with E-state index < -0.39 is 143 Å². The molecule has 3 saturated heterocycles. The van der Waals surface area contributed by atoms with Gasteiger partial charge < -0.3 is 73.8 Å². The van der Waals surface area contributed by atoms with E-state index in [0.717, 1.165) is 21.8 Å². The van der Waals surface area contributed by atoms with Crippen molar-refractivity contribution in [3.05, 3.63) is 72.1 Å². The van der Waals surface area contributed by atoms with Crippen LogP contribution < -0.4 is 54.0 Å². The third-order valence-corrected chi connectivity index (χ3v) is 16.9. The summed E-state index contributed by atoms with van der Waals surface area (Å²) in [6.07, 6.45) is 3.02. The van der Waals surface area contributed by atoms with Gasteiger partial charge in [0, 0.05) is 73.0 Å². The van der Waals surface area contributed by atoms with Gasteiger partial charge in [0.1, 0.15) is 60.4 Å². The maximum Gasteiger partial charge on any atom is 0.246 e. The smallest absolute Gasteiger partial charge is 0.246 e. The molecule has 0 aliphatic carbocycles. The fraction of sp³-hybridized carbons (Fsp3) is 0.562. The molecule has 26 heteroatoms. The molecule has 14 N–H and O–H groups in total. The lowest BCUT2D eigenvalue weighted by Gasteiger charge is -2.33. The first-order chi connectivity index (χ1) is 42.7. The van der Waals surface area contributed by atoms with Gasteiger partial charge in [0.2, 0.25) is 70.9 Å². The third kappa shape index (κ3) is 17.7. The highest BCUT2D eigenvalue weighted by Gasteiger charge is 2.44. The molecule has 10 atom stereocenters. The van der Waals surface area contributed by atoms with Crippen molar-refractivity contribution in [1.29, 1.82) is 0 Å². The molecular weight excluding hydrogens is 1160 g/mol. The number of aromatic nitrogens is 2. The minimum Gasteiger partial charge on any atom is -0.370 e. The highest BCUT2D eigenvalue weighted by Crippen LogP contribution is 2.27. The van der Waals surface area contributed by atoms with Crippen LogP contribution in [0.3, 0.4) is 0 Å². The van der Waals surface area contributed by atoms with Crippen LogP contribution in [0.5, 0.6) is 0 Å². The largest absolute Gasteiger partial charge is 0.370 e. The van der Waals surface area contributed by atoms with Gasteiger partial charge in [-0.15, -0.1) is 0 Å². The van der Waals surface area contributed by atoms with Gasteiger partial charge in [0.05, 0.1) is 0 Å². The van der Waals surface area contributed by atoms with Crippen molar-refractivity contribution in [2.75, 3.05) is 13.1 Å². The maximum atomic E-state index is 15.2. The van der Waals surface area contributed by atoms with Gasteiger partial charge in [-0.05, 0) is 98.3 Å². The number of rotatable bonds is 16. The van der Waals surface area contributed by atoms with Crippen LogP contribution in [-0.4, -0.2) is 164 Å². The predicted molar refractivity (Wildman–Crippen MR) is 334 cm³/mol. The predicted octanol–water partition coefficient (Wildman–Crippen LogP) is 1.24. The second-order valence-electron chi connectivity index (χ2n) is 25.6. The molecule has 90 heavy (non-hydrogen) atoms. The number of primary amides is 2. The van der Waals surface area contributed by atoms with Crippen LogP contribution in [0.25, 0.3) is 21.8 Å². The molecule has 0 spiro atoms.